The number of nitrogens with one attached hydrogen (secondary N) is 1. The minimum atomic E-state index is -0.609. The third-order valence-electron chi connectivity index (χ3n) is 2.01. The summed E-state index contributed by atoms with van der Waals surface area (Å²) in [5, 5.41) is 2.50. The highest BCUT2D eigenvalue weighted by Gasteiger charge is 2.31. The molecule has 1 fully saturated rings. The van der Waals surface area contributed by atoms with Gasteiger partial charge < -0.3 is 10.1 Å². The predicted molar refractivity (Wildman–Crippen MR) is 48.7 cm³/mol. The lowest BCUT2D eigenvalue weighted by atomic mass is 10.2. The lowest BCUT2D eigenvalue weighted by Crippen LogP contribution is -2.55. The van der Waals surface area contributed by atoms with Crippen LogP contribution in [0.4, 0.5) is 0 Å². The summed E-state index contributed by atoms with van der Waals surface area (Å²) in [7, 11) is 0. The van der Waals surface area contributed by atoms with Gasteiger partial charge in [0.25, 0.3) is 5.91 Å². The summed E-state index contributed by atoms with van der Waals surface area (Å²) < 4.78 is 4.93. The van der Waals surface area contributed by atoms with E-state index in [1.807, 2.05) is 6.07 Å². The Morgan fingerprint density at radius 1 is 1.36 bits per heavy atom. The summed E-state index contributed by atoms with van der Waals surface area (Å²) in [6.07, 6.45) is -0.609. The molecule has 1 aliphatic rings. The first kappa shape index (κ1) is 8.74. The zero-order chi connectivity index (χ0) is 9.97. The van der Waals surface area contributed by atoms with Crippen molar-refractivity contribution in [1.82, 2.24) is 5.32 Å². The second-order valence-electron chi connectivity index (χ2n) is 3.01. The molecule has 1 N–H and O–H groups in total. The summed E-state index contributed by atoms with van der Waals surface area (Å²) in [6.45, 7) is 0.414. The van der Waals surface area contributed by atoms with Gasteiger partial charge in [0.1, 0.15) is 0 Å². The standard InChI is InChI=1S/C10H9NO3/c12-9-8(6-11-9)14-10(13)7-4-2-1-3-5-7/h1-5,8H,6H2,(H,11,12)/t8-/m0/s1. The first-order valence-corrected chi connectivity index (χ1v) is 4.31. The van der Waals surface area contributed by atoms with E-state index in [1.54, 1.807) is 24.3 Å². The SMILES string of the molecule is O=C(O[C@H]1CNC1=O)c1ccccc1. The fourth-order valence-electron chi connectivity index (χ4n) is 1.14. The van der Waals surface area contributed by atoms with Crippen LogP contribution in [0.1, 0.15) is 10.4 Å². The molecule has 1 aromatic carbocycles. The topological polar surface area (TPSA) is 55.4 Å². The number of ether oxygens (including phenoxy) is 1. The number of hydrogen-bond donors (Lipinski definition) is 1. The zero-order valence-electron chi connectivity index (χ0n) is 7.40. The number of benzene rings is 1. The van der Waals surface area contributed by atoms with Gasteiger partial charge in [0.15, 0.2) is 6.10 Å². The average Bonchev–Trinajstić information content (AvgIpc) is 2.24. The Balaban J connectivity index is 1.99. The molecule has 0 spiro atoms. The number of carbonyl (C=O) groups is 2. The molecule has 72 valence electrons. The molecule has 1 aliphatic heterocycles. The van der Waals surface area contributed by atoms with E-state index in [1.165, 1.54) is 0 Å². The van der Waals surface area contributed by atoms with Gasteiger partial charge in [-0.3, -0.25) is 4.79 Å². The summed E-state index contributed by atoms with van der Waals surface area (Å²) in [4.78, 5) is 22.2. The second kappa shape index (κ2) is 3.49. The summed E-state index contributed by atoms with van der Waals surface area (Å²) in [6, 6.07) is 8.61. The monoisotopic (exact) mass is 191 g/mol. The van der Waals surface area contributed by atoms with Crippen LogP contribution in [0.25, 0.3) is 0 Å². The molecule has 1 saturated heterocycles. The number of esters is 1. The second-order valence-corrected chi connectivity index (χ2v) is 3.01. The summed E-state index contributed by atoms with van der Waals surface area (Å²) in [5.41, 5.74) is 0.465. The van der Waals surface area contributed by atoms with Crippen molar-refractivity contribution >= 4 is 11.9 Å². The fourth-order valence-corrected chi connectivity index (χ4v) is 1.14. The number of rotatable bonds is 2. The van der Waals surface area contributed by atoms with Gasteiger partial charge in [0.05, 0.1) is 12.1 Å². The number of hydrogen-bond acceptors (Lipinski definition) is 3. The Kier molecular flexibility index (Phi) is 2.18. The summed E-state index contributed by atoms with van der Waals surface area (Å²) in [5.74, 6) is -0.681. The number of carbonyl (C=O) groups excluding carboxylic acids is 2. The van der Waals surface area contributed by atoms with Crippen LogP contribution in [-0.4, -0.2) is 24.5 Å². The highest BCUT2D eigenvalue weighted by Crippen LogP contribution is 2.07. The molecule has 0 saturated carbocycles. The molecule has 1 amide bonds. The van der Waals surface area contributed by atoms with E-state index in [2.05, 4.69) is 5.32 Å². The molecule has 0 aliphatic carbocycles. The predicted octanol–water partition coefficient (Wildman–Crippen LogP) is 0.342. The van der Waals surface area contributed by atoms with Crippen molar-refractivity contribution in [2.75, 3.05) is 6.54 Å². The third-order valence-corrected chi connectivity index (χ3v) is 2.01. The van der Waals surface area contributed by atoms with Crippen molar-refractivity contribution in [2.24, 2.45) is 0 Å². The van der Waals surface area contributed by atoms with Crippen LogP contribution in [0.3, 0.4) is 0 Å². The molecule has 4 nitrogen and oxygen atoms in total. The van der Waals surface area contributed by atoms with Gasteiger partial charge in [-0.1, -0.05) is 18.2 Å². The number of β-lactam (4-membered cyclic amide) rings is 1. The van der Waals surface area contributed by atoms with Crippen LogP contribution in [0, 0.1) is 0 Å². The molecular weight excluding hydrogens is 182 g/mol. The van der Waals surface area contributed by atoms with Crippen molar-refractivity contribution in [1.29, 1.82) is 0 Å². The molecule has 2 rings (SSSR count). The highest BCUT2D eigenvalue weighted by atomic mass is 16.6. The van der Waals surface area contributed by atoms with Gasteiger partial charge in [-0.05, 0) is 12.1 Å². The van der Waals surface area contributed by atoms with Gasteiger partial charge >= 0.3 is 5.97 Å². The molecule has 1 atom stereocenters. The van der Waals surface area contributed by atoms with E-state index in [4.69, 9.17) is 4.74 Å². The van der Waals surface area contributed by atoms with Crippen molar-refractivity contribution in [3.8, 4) is 0 Å². The van der Waals surface area contributed by atoms with E-state index in [9.17, 15) is 9.59 Å². The van der Waals surface area contributed by atoms with Crippen molar-refractivity contribution in [3.05, 3.63) is 35.9 Å². The quantitative estimate of drug-likeness (QED) is 0.541. The smallest absolute Gasteiger partial charge is 0.338 e. The van der Waals surface area contributed by atoms with Crippen LogP contribution in [-0.2, 0) is 9.53 Å². The van der Waals surface area contributed by atoms with Crippen LogP contribution in [0.15, 0.2) is 30.3 Å². The molecular formula is C10H9NO3. The largest absolute Gasteiger partial charge is 0.447 e. The average molecular weight is 191 g/mol. The minimum absolute atomic E-state index is 0.228. The lowest BCUT2D eigenvalue weighted by molar-refractivity contribution is -0.137. The van der Waals surface area contributed by atoms with Crippen molar-refractivity contribution < 1.29 is 14.3 Å². The van der Waals surface area contributed by atoms with Crippen molar-refractivity contribution in [3.63, 3.8) is 0 Å². The normalized spacial score (nSPS) is 19.4. The van der Waals surface area contributed by atoms with Gasteiger partial charge in [-0.15, -0.1) is 0 Å². The van der Waals surface area contributed by atoms with E-state index in [-0.39, 0.29) is 5.91 Å². The molecule has 1 heterocycles. The first-order valence-electron chi connectivity index (χ1n) is 4.31. The van der Waals surface area contributed by atoms with Gasteiger partial charge in [0.2, 0.25) is 0 Å². The lowest BCUT2D eigenvalue weighted by Gasteiger charge is -2.25. The minimum Gasteiger partial charge on any atom is -0.447 e. The fraction of sp³-hybridized carbons (Fsp3) is 0.200. The van der Waals surface area contributed by atoms with E-state index >= 15 is 0 Å². The van der Waals surface area contributed by atoms with Crippen LogP contribution >= 0.6 is 0 Å². The van der Waals surface area contributed by atoms with Crippen LogP contribution < -0.4 is 5.32 Å². The van der Waals surface area contributed by atoms with Gasteiger partial charge in [-0.25, -0.2) is 4.79 Å². The van der Waals surface area contributed by atoms with E-state index in [0.29, 0.717) is 12.1 Å². The Hall–Kier alpha value is -1.84. The molecule has 1 aromatic rings. The Morgan fingerprint density at radius 2 is 2.07 bits per heavy atom. The van der Waals surface area contributed by atoms with Crippen molar-refractivity contribution in [2.45, 2.75) is 6.10 Å². The molecule has 0 aromatic heterocycles. The maximum atomic E-state index is 11.4. The maximum Gasteiger partial charge on any atom is 0.338 e. The number of amides is 1. The maximum absolute atomic E-state index is 11.4. The first-order chi connectivity index (χ1) is 6.77. The van der Waals surface area contributed by atoms with Gasteiger partial charge in [0, 0.05) is 0 Å². The highest BCUT2D eigenvalue weighted by molar-refractivity contribution is 5.94. The third kappa shape index (κ3) is 1.59. The van der Waals surface area contributed by atoms with Gasteiger partial charge in [-0.2, -0.15) is 0 Å². The molecule has 14 heavy (non-hydrogen) atoms. The Bertz CT molecular complexity index is 361. The van der Waals surface area contributed by atoms with E-state index < -0.39 is 12.1 Å². The molecule has 0 unspecified atom stereocenters. The molecule has 0 bridgehead atoms. The Morgan fingerprint density at radius 3 is 2.57 bits per heavy atom. The molecule has 4 heteroatoms. The van der Waals surface area contributed by atoms with E-state index in [0.717, 1.165) is 0 Å². The molecule has 0 radical (unpaired) electrons. The Labute approximate surface area is 80.9 Å². The van der Waals surface area contributed by atoms with Crippen LogP contribution in [0.2, 0.25) is 0 Å². The zero-order valence-corrected chi connectivity index (χ0v) is 7.40. The summed E-state index contributed by atoms with van der Waals surface area (Å²) >= 11 is 0. The van der Waals surface area contributed by atoms with Crippen LogP contribution in [0.5, 0.6) is 0 Å².